The third-order valence-electron chi connectivity index (χ3n) is 2.65. The van der Waals surface area contributed by atoms with Crippen LogP contribution in [0.5, 0.6) is 0 Å². The second kappa shape index (κ2) is 6.33. The Balaban J connectivity index is 1.86. The first-order valence-electron chi connectivity index (χ1n) is 5.83. The van der Waals surface area contributed by atoms with Gasteiger partial charge in [0.2, 0.25) is 5.91 Å². The minimum atomic E-state index is -0.132. The Bertz CT molecular complexity index is 587. The van der Waals surface area contributed by atoms with Crippen LogP contribution in [0.1, 0.15) is 11.3 Å². The first-order valence-corrected chi connectivity index (χ1v) is 6.62. The van der Waals surface area contributed by atoms with Gasteiger partial charge in [0, 0.05) is 17.7 Å². The number of hydrazone groups is 1. The molecule has 0 aliphatic heterocycles. The molecule has 0 saturated carbocycles. The summed E-state index contributed by atoms with van der Waals surface area (Å²) >= 11 is 3.36. The Labute approximate surface area is 120 Å². The summed E-state index contributed by atoms with van der Waals surface area (Å²) in [6, 6.07) is 11.5. The van der Waals surface area contributed by atoms with Crippen molar-refractivity contribution in [2.75, 3.05) is 0 Å². The average Bonchev–Trinajstić information content (AvgIpc) is 2.78. The van der Waals surface area contributed by atoms with Crippen LogP contribution >= 0.6 is 15.9 Å². The van der Waals surface area contributed by atoms with E-state index in [1.54, 1.807) is 6.21 Å². The third kappa shape index (κ3) is 4.06. The van der Waals surface area contributed by atoms with E-state index < -0.39 is 0 Å². The number of carbonyl (C=O) groups excluding carboxylic acids is 1. The monoisotopic (exact) mass is 319 g/mol. The fourth-order valence-electron chi connectivity index (χ4n) is 1.61. The molecule has 1 amide bonds. The molecule has 19 heavy (non-hydrogen) atoms. The van der Waals surface area contributed by atoms with Crippen molar-refractivity contribution in [2.24, 2.45) is 12.1 Å². The van der Waals surface area contributed by atoms with Gasteiger partial charge < -0.3 is 4.57 Å². The van der Waals surface area contributed by atoms with E-state index in [1.165, 1.54) is 0 Å². The van der Waals surface area contributed by atoms with Crippen LogP contribution in [-0.4, -0.2) is 16.7 Å². The minimum absolute atomic E-state index is 0.132. The zero-order chi connectivity index (χ0) is 13.7. The van der Waals surface area contributed by atoms with Crippen molar-refractivity contribution < 1.29 is 4.79 Å². The zero-order valence-corrected chi connectivity index (χ0v) is 12.1. The molecule has 1 aromatic heterocycles. The normalized spacial score (nSPS) is 10.8. The number of nitrogens with zero attached hydrogens (tertiary/aromatic N) is 2. The molecule has 2 rings (SSSR count). The average molecular weight is 320 g/mol. The predicted molar refractivity (Wildman–Crippen MR) is 79.0 cm³/mol. The lowest BCUT2D eigenvalue weighted by Gasteiger charge is -2.01. The fraction of sp³-hybridized carbons (Fsp3) is 0.143. The number of hydrogen-bond donors (Lipinski definition) is 1. The summed E-state index contributed by atoms with van der Waals surface area (Å²) in [5.41, 5.74) is 4.40. The summed E-state index contributed by atoms with van der Waals surface area (Å²) in [5, 5.41) is 3.93. The highest BCUT2D eigenvalue weighted by Gasteiger charge is 2.01. The smallest absolute Gasteiger partial charge is 0.244 e. The fourth-order valence-corrected chi connectivity index (χ4v) is 1.87. The maximum Gasteiger partial charge on any atom is 0.244 e. The van der Waals surface area contributed by atoms with Crippen LogP contribution in [0, 0.1) is 0 Å². The maximum atomic E-state index is 11.7. The second-order valence-electron chi connectivity index (χ2n) is 4.14. The molecule has 1 heterocycles. The van der Waals surface area contributed by atoms with Crippen molar-refractivity contribution in [1.29, 1.82) is 0 Å². The standard InChI is InChI=1S/C14H14BrN3O/c1-18-8-2-3-13(18)10-16-17-14(19)9-11-4-6-12(15)7-5-11/h2-8,10H,9H2,1H3,(H,17,19). The molecule has 0 radical (unpaired) electrons. The van der Waals surface area contributed by atoms with Crippen molar-refractivity contribution in [2.45, 2.75) is 6.42 Å². The number of carbonyl (C=O) groups is 1. The second-order valence-corrected chi connectivity index (χ2v) is 5.06. The molecule has 5 heteroatoms. The number of rotatable bonds is 4. The van der Waals surface area contributed by atoms with E-state index in [-0.39, 0.29) is 5.91 Å². The largest absolute Gasteiger partial charge is 0.350 e. The lowest BCUT2D eigenvalue weighted by molar-refractivity contribution is -0.120. The molecule has 1 N–H and O–H groups in total. The van der Waals surface area contributed by atoms with E-state index in [9.17, 15) is 4.79 Å². The summed E-state index contributed by atoms with van der Waals surface area (Å²) in [6.07, 6.45) is 3.86. The molecule has 0 saturated heterocycles. The lowest BCUT2D eigenvalue weighted by Crippen LogP contribution is -2.19. The van der Waals surface area contributed by atoms with E-state index in [0.29, 0.717) is 6.42 Å². The van der Waals surface area contributed by atoms with E-state index in [4.69, 9.17) is 0 Å². The highest BCUT2D eigenvalue weighted by Crippen LogP contribution is 2.10. The molecule has 1 aromatic carbocycles. The van der Waals surface area contributed by atoms with Crippen LogP contribution < -0.4 is 5.43 Å². The summed E-state index contributed by atoms with van der Waals surface area (Å²) in [6.45, 7) is 0. The van der Waals surface area contributed by atoms with Gasteiger partial charge in [-0.3, -0.25) is 4.79 Å². The van der Waals surface area contributed by atoms with Gasteiger partial charge in [-0.2, -0.15) is 5.10 Å². The molecular weight excluding hydrogens is 306 g/mol. The highest BCUT2D eigenvalue weighted by molar-refractivity contribution is 9.10. The molecule has 0 aliphatic rings. The number of hydrogen-bond acceptors (Lipinski definition) is 2. The number of aromatic nitrogens is 1. The highest BCUT2D eigenvalue weighted by atomic mass is 79.9. The number of benzene rings is 1. The van der Waals surface area contributed by atoms with E-state index >= 15 is 0 Å². The Morgan fingerprint density at radius 1 is 1.37 bits per heavy atom. The lowest BCUT2D eigenvalue weighted by atomic mass is 10.1. The Morgan fingerprint density at radius 2 is 2.11 bits per heavy atom. The van der Waals surface area contributed by atoms with Crippen LogP contribution in [0.15, 0.2) is 52.2 Å². The van der Waals surface area contributed by atoms with Crippen molar-refractivity contribution in [3.05, 3.63) is 58.3 Å². The van der Waals surface area contributed by atoms with Gasteiger partial charge in [0.05, 0.1) is 18.3 Å². The number of nitrogens with one attached hydrogen (secondary N) is 1. The van der Waals surface area contributed by atoms with Crippen LogP contribution in [0.25, 0.3) is 0 Å². The van der Waals surface area contributed by atoms with Crippen molar-refractivity contribution in [3.63, 3.8) is 0 Å². The molecule has 98 valence electrons. The maximum absolute atomic E-state index is 11.7. The summed E-state index contributed by atoms with van der Waals surface area (Å²) in [5.74, 6) is -0.132. The Morgan fingerprint density at radius 3 is 2.74 bits per heavy atom. The Hall–Kier alpha value is -1.88. The Kier molecular flexibility index (Phi) is 4.52. The molecule has 4 nitrogen and oxygen atoms in total. The number of amides is 1. The first kappa shape index (κ1) is 13.5. The van der Waals surface area contributed by atoms with Crippen LogP contribution in [-0.2, 0) is 18.3 Å². The van der Waals surface area contributed by atoms with Crippen molar-refractivity contribution in [3.8, 4) is 0 Å². The summed E-state index contributed by atoms with van der Waals surface area (Å²) < 4.78 is 2.92. The van der Waals surface area contributed by atoms with Gasteiger partial charge >= 0.3 is 0 Å². The molecule has 0 bridgehead atoms. The van der Waals surface area contributed by atoms with Gasteiger partial charge in [-0.15, -0.1) is 0 Å². The minimum Gasteiger partial charge on any atom is -0.350 e. The van der Waals surface area contributed by atoms with Gasteiger partial charge in [-0.05, 0) is 29.8 Å². The first-order chi connectivity index (χ1) is 9.15. The third-order valence-corrected chi connectivity index (χ3v) is 3.18. The zero-order valence-electron chi connectivity index (χ0n) is 10.5. The topological polar surface area (TPSA) is 46.4 Å². The van der Waals surface area contributed by atoms with E-state index in [1.807, 2.05) is 54.2 Å². The summed E-state index contributed by atoms with van der Waals surface area (Å²) in [4.78, 5) is 11.7. The molecule has 0 aliphatic carbocycles. The van der Waals surface area contributed by atoms with Gasteiger partial charge in [0.1, 0.15) is 0 Å². The van der Waals surface area contributed by atoms with Gasteiger partial charge in [-0.1, -0.05) is 28.1 Å². The van der Waals surface area contributed by atoms with Gasteiger partial charge in [0.25, 0.3) is 0 Å². The predicted octanol–water partition coefficient (Wildman–Crippen LogP) is 2.48. The summed E-state index contributed by atoms with van der Waals surface area (Å²) in [7, 11) is 1.92. The van der Waals surface area contributed by atoms with E-state index in [0.717, 1.165) is 15.7 Å². The van der Waals surface area contributed by atoms with Crippen LogP contribution in [0.4, 0.5) is 0 Å². The molecular formula is C14H14BrN3O. The molecule has 2 aromatic rings. The van der Waals surface area contributed by atoms with Crippen LogP contribution in [0.3, 0.4) is 0 Å². The number of aryl methyl sites for hydroxylation is 1. The molecule has 0 unspecified atom stereocenters. The van der Waals surface area contributed by atoms with Gasteiger partial charge in [0.15, 0.2) is 0 Å². The quantitative estimate of drug-likeness (QED) is 0.683. The van der Waals surface area contributed by atoms with Crippen molar-refractivity contribution in [1.82, 2.24) is 9.99 Å². The molecule has 0 spiro atoms. The number of halogens is 1. The SMILES string of the molecule is Cn1cccc1C=NNC(=O)Cc1ccc(Br)cc1. The van der Waals surface area contributed by atoms with Crippen LogP contribution in [0.2, 0.25) is 0 Å². The molecule has 0 fully saturated rings. The van der Waals surface area contributed by atoms with E-state index in [2.05, 4.69) is 26.5 Å². The van der Waals surface area contributed by atoms with Gasteiger partial charge in [-0.25, -0.2) is 5.43 Å². The molecule has 0 atom stereocenters. The van der Waals surface area contributed by atoms with Crippen molar-refractivity contribution >= 4 is 28.1 Å².